The molecule has 1 amide bonds. The molecule has 2 aromatic rings. The lowest BCUT2D eigenvalue weighted by atomic mass is 9.81. The highest BCUT2D eigenvalue weighted by molar-refractivity contribution is 6.58. The molecule has 0 fully saturated rings. The lowest BCUT2D eigenvalue weighted by molar-refractivity contribution is -0.118. The molecule has 102 valence electrons. The molecule has 7 heteroatoms. The van der Waals surface area contributed by atoms with Gasteiger partial charge in [0, 0.05) is 17.9 Å². The number of amides is 1. The maximum Gasteiger partial charge on any atom is 0.490 e. The Morgan fingerprint density at radius 3 is 2.55 bits per heavy atom. The normalized spacial score (nSPS) is 11.7. The van der Waals surface area contributed by atoms with E-state index in [-0.39, 0.29) is 5.46 Å². The van der Waals surface area contributed by atoms with E-state index in [4.69, 9.17) is 15.8 Å². The highest BCUT2D eigenvalue weighted by Gasteiger charge is 2.18. The first-order valence-corrected chi connectivity index (χ1v) is 6.00. The molecule has 6 nitrogen and oxygen atoms in total. The van der Waals surface area contributed by atoms with Crippen molar-refractivity contribution in [3.05, 3.63) is 54.4 Å². The molecule has 1 heterocycles. The number of primary amides is 1. The quantitative estimate of drug-likeness (QED) is 0.543. The maximum absolute atomic E-state index is 11.6. The van der Waals surface area contributed by atoms with Crippen LogP contribution in [0, 0.1) is 0 Å². The summed E-state index contributed by atoms with van der Waals surface area (Å²) in [5, 5.41) is 21.1. The van der Waals surface area contributed by atoms with Crippen molar-refractivity contribution >= 4 is 24.2 Å². The van der Waals surface area contributed by atoms with E-state index in [2.05, 4.69) is 10.3 Å². The molecule has 20 heavy (non-hydrogen) atoms. The summed E-state index contributed by atoms with van der Waals surface area (Å²) in [5.74, 6) is -0.536. The molecule has 2 rings (SSSR count). The summed E-state index contributed by atoms with van der Waals surface area (Å²) in [7, 11) is -1.62. The van der Waals surface area contributed by atoms with E-state index >= 15 is 0 Å². The number of pyridine rings is 1. The third kappa shape index (κ3) is 3.34. The fourth-order valence-electron chi connectivity index (χ4n) is 1.81. The Kier molecular flexibility index (Phi) is 4.34. The molecule has 0 bridgehead atoms. The lowest BCUT2D eigenvalue weighted by Crippen LogP contribution is -2.32. The Hall–Kier alpha value is -2.38. The third-order valence-corrected chi connectivity index (χ3v) is 2.79. The van der Waals surface area contributed by atoms with Crippen LogP contribution in [0.2, 0.25) is 0 Å². The zero-order chi connectivity index (χ0) is 14.5. The van der Waals surface area contributed by atoms with E-state index in [1.165, 1.54) is 18.5 Å². The fraction of sp³-hybridized carbons (Fsp3) is 0.0769. The summed E-state index contributed by atoms with van der Waals surface area (Å²) in [6, 6.07) is 9.78. The van der Waals surface area contributed by atoms with Gasteiger partial charge < -0.3 is 21.1 Å². The molecule has 0 radical (unpaired) electrons. The third-order valence-electron chi connectivity index (χ3n) is 2.79. The number of nitrogens with one attached hydrogen (secondary N) is 1. The number of anilines is 1. The summed E-state index contributed by atoms with van der Waals surface area (Å²) in [6.07, 6.45) is 2.81. The predicted octanol–water partition coefficient (Wildman–Crippen LogP) is -0.600. The van der Waals surface area contributed by atoms with Crippen molar-refractivity contribution in [1.29, 1.82) is 0 Å². The highest BCUT2D eigenvalue weighted by atomic mass is 16.4. The Labute approximate surface area is 116 Å². The number of hydrogen-bond donors (Lipinski definition) is 4. The van der Waals surface area contributed by atoms with Gasteiger partial charge in [0.05, 0.1) is 5.69 Å². The summed E-state index contributed by atoms with van der Waals surface area (Å²) in [6.45, 7) is 0. The van der Waals surface area contributed by atoms with E-state index in [0.717, 1.165) is 5.56 Å². The molecular formula is C13H14BN3O3. The molecule has 0 aliphatic heterocycles. The van der Waals surface area contributed by atoms with E-state index in [1.807, 2.05) is 6.07 Å². The minimum atomic E-state index is -1.62. The zero-order valence-corrected chi connectivity index (χ0v) is 10.6. The number of hydrogen-bond acceptors (Lipinski definition) is 5. The molecule has 1 unspecified atom stereocenters. The number of nitrogens with zero attached hydrogens (tertiary/aromatic N) is 1. The van der Waals surface area contributed by atoms with Gasteiger partial charge in [0.15, 0.2) is 0 Å². The van der Waals surface area contributed by atoms with Gasteiger partial charge in [0.25, 0.3) is 0 Å². The largest absolute Gasteiger partial charge is 0.490 e. The minimum Gasteiger partial charge on any atom is -0.423 e. The van der Waals surface area contributed by atoms with Crippen LogP contribution in [0.15, 0.2) is 48.8 Å². The lowest BCUT2D eigenvalue weighted by Gasteiger charge is -2.17. The van der Waals surface area contributed by atoms with Gasteiger partial charge in [0.2, 0.25) is 5.91 Å². The first kappa shape index (κ1) is 14.0. The number of carbonyl (C=O) groups excluding carboxylic acids is 1. The summed E-state index contributed by atoms with van der Waals surface area (Å²) in [4.78, 5) is 15.4. The number of carbonyl (C=O) groups is 1. The van der Waals surface area contributed by atoms with Crippen molar-refractivity contribution < 1.29 is 14.8 Å². The Bertz CT molecular complexity index is 592. The number of rotatable bonds is 5. The van der Waals surface area contributed by atoms with Gasteiger partial charge in [-0.2, -0.15) is 0 Å². The summed E-state index contributed by atoms with van der Waals surface area (Å²) in [5.41, 5.74) is 6.81. The Morgan fingerprint density at radius 1 is 1.25 bits per heavy atom. The first-order chi connectivity index (χ1) is 9.58. The SMILES string of the molecule is NC(=O)C(Nc1cncc(B(O)O)c1)c1ccccc1. The average molecular weight is 271 g/mol. The van der Waals surface area contributed by atoms with Crippen LogP contribution in [0.3, 0.4) is 0 Å². The van der Waals surface area contributed by atoms with Crippen LogP contribution < -0.4 is 16.5 Å². The Morgan fingerprint density at radius 2 is 1.95 bits per heavy atom. The second-order valence-electron chi connectivity index (χ2n) is 4.27. The summed E-state index contributed by atoms with van der Waals surface area (Å²) < 4.78 is 0. The zero-order valence-electron chi connectivity index (χ0n) is 10.6. The fourth-order valence-corrected chi connectivity index (χ4v) is 1.81. The van der Waals surface area contributed by atoms with Crippen LogP contribution in [-0.4, -0.2) is 28.1 Å². The maximum atomic E-state index is 11.6. The molecule has 0 saturated carbocycles. The standard InChI is InChI=1S/C13H14BN3O3/c15-13(18)12(9-4-2-1-3-5-9)17-11-6-10(14(19)20)7-16-8-11/h1-8,12,17,19-20H,(H2,15,18). The van der Waals surface area contributed by atoms with Crippen LogP contribution in [0.4, 0.5) is 5.69 Å². The smallest absolute Gasteiger partial charge is 0.423 e. The van der Waals surface area contributed by atoms with E-state index < -0.39 is 19.1 Å². The van der Waals surface area contributed by atoms with Gasteiger partial charge in [0.1, 0.15) is 6.04 Å². The van der Waals surface area contributed by atoms with Crippen molar-refractivity contribution in [1.82, 2.24) is 4.98 Å². The van der Waals surface area contributed by atoms with Gasteiger partial charge in [-0.1, -0.05) is 30.3 Å². The van der Waals surface area contributed by atoms with Gasteiger partial charge in [-0.05, 0) is 11.6 Å². The predicted molar refractivity (Wildman–Crippen MR) is 76.1 cm³/mol. The van der Waals surface area contributed by atoms with E-state index in [1.54, 1.807) is 24.3 Å². The molecule has 5 N–H and O–H groups in total. The minimum absolute atomic E-state index is 0.228. The van der Waals surface area contributed by atoms with Gasteiger partial charge in [-0.3, -0.25) is 9.78 Å². The second kappa shape index (κ2) is 6.18. The number of aromatic nitrogens is 1. The average Bonchev–Trinajstić information content (AvgIpc) is 2.45. The Balaban J connectivity index is 2.25. The molecule has 0 saturated heterocycles. The van der Waals surface area contributed by atoms with Gasteiger partial charge in [-0.25, -0.2) is 0 Å². The van der Waals surface area contributed by atoms with Gasteiger partial charge >= 0.3 is 7.12 Å². The van der Waals surface area contributed by atoms with Crippen molar-refractivity contribution in [2.45, 2.75) is 6.04 Å². The van der Waals surface area contributed by atoms with Crippen LogP contribution in [-0.2, 0) is 4.79 Å². The monoisotopic (exact) mass is 271 g/mol. The van der Waals surface area contributed by atoms with Crippen LogP contribution in [0.1, 0.15) is 11.6 Å². The first-order valence-electron chi connectivity index (χ1n) is 6.00. The summed E-state index contributed by atoms with van der Waals surface area (Å²) >= 11 is 0. The molecule has 1 aromatic carbocycles. The topological polar surface area (TPSA) is 108 Å². The van der Waals surface area contributed by atoms with Crippen molar-refractivity contribution in [3.63, 3.8) is 0 Å². The van der Waals surface area contributed by atoms with E-state index in [9.17, 15) is 4.79 Å². The highest BCUT2D eigenvalue weighted by Crippen LogP contribution is 2.18. The van der Waals surface area contributed by atoms with Crippen molar-refractivity contribution in [2.75, 3.05) is 5.32 Å². The molecule has 0 aliphatic rings. The van der Waals surface area contributed by atoms with Crippen LogP contribution in [0.5, 0.6) is 0 Å². The molecule has 1 atom stereocenters. The van der Waals surface area contributed by atoms with Crippen LogP contribution >= 0.6 is 0 Å². The van der Waals surface area contributed by atoms with Crippen molar-refractivity contribution in [2.24, 2.45) is 5.73 Å². The molecular weight excluding hydrogens is 257 g/mol. The molecule has 0 aliphatic carbocycles. The number of benzene rings is 1. The van der Waals surface area contributed by atoms with E-state index in [0.29, 0.717) is 5.69 Å². The number of nitrogens with two attached hydrogens (primary N) is 1. The second-order valence-corrected chi connectivity index (χ2v) is 4.27. The van der Waals surface area contributed by atoms with Gasteiger partial charge in [-0.15, -0.1) is 0 Å². The molecule has 1 aromatic heterocycles. The molecule has 0 spiro atoms. The van der Waals surface area contributed by atoms with Crippen LogP contribution in [0.25, 0.3) is 0 Å². The van der Waals surface area contributed by atoms with Crippen molar-refractivity contribution in [3.8, 4) is 0 Å².